The van der Waals surface area contributed by atoms with Crippen molar-refractivity contribution in [3.05, 3.63) is 58.5 Å². The second kappa shape index (κ2) is 4.29. The van der Waals surface area contributed by atoms with E-state index in [1.807, 2.05) is 25.1 Å². The van der Waals surface area contributed by atoms with Crippen LogP contribution in [0.25, 0.3) is 23.3 Å². The summed E-state index contributed by atoms with van der Waals surface area (Å²) in [4.78, 5) is 11.8. The van der Waals surface area contributed by atoms with Gasteiger partial charge in [0.1, 0.15) is 0 Å². The Morgan fingerprint density at radius 3 is 2.47 bits per heavy atom. The lowest BCUT2D eigenvalue weighted by molar-refractivity contribution is 1.02. The van der Waals surface area contributed by atoms with Crippen LogP contribution in [0.5, 0.6) is 0 Å². The SMILES string of the molecule is C=Cc1cccc(-c2c(C)[nH][nH]c2=O)c1C=C. The van der Waals surface area contributed by atoms with Gasteiger partial charge in [0, 0.05) is 5.69 Å². The standard InChI is InChI=1S/C14H14N2O/c1-4-10-7-6-8-12(11(10)5-2)13-9(3)15-16-14(13)17/h4-8H,1-2H2,3H3,(H2,15,16,17). The molecule has 2 rings (SSSR count). The van der Waals surface area contributed by atoms with Crippen molar-refractivity contribution >= 4 is 12.2 Å². The molecule has 0 radical (unpaired) electrons. The van der Waals surface area contributed by atoms with E-state index in [0.29, 0.717) is 5.56 Å². The molecule has 0 amide bonds. The summed E-state index contributed by atoms with van der Waals surface area (Å²) in [5.41, 5.74) is 4.13. The van der Waals surface area contributed by atoms with Gasteiger partial charge in [-0.2, -0.15) is 0 Å². The van der Waals surface area contributed by atoms with Gasteiger partial charge >= 0.3 is 0 Å². The summed E-state index contributed by atoms with van der Waals surface area (Å²) in [5, 5.41) is 5.41. The zero-order valence-corrected chi connectivity index (χ0v) is 9.71. The van der Waals surface area contributed by atoms with Crippen LogP contribution in [0.1, 0.15) is 16.8 Å². The van der Waals surface area contributed by atoms with Crippen molar-refractivity contribution in [2.45, 2.75) is 6.92 Å². The molecule has 1 heterocycles. The number of hydrogen-bond acceptors (Lipinski definition) is 1. The van der Waals surface area contributed by atoms with E-state index in [4.69, 9.17) is 0 Å². The first-order chi connectivity index (χ1) is 8.19. The minimum atomic E-state index is -0.119. The molecule has 3 nitrogen and oxygen atoms in total. The summed E-state index contributed by atoms with van der Waals surface area (Å²) in [5.74, 6) is 0. The Balaban J connectivity index is 2.80. The molecule has 1 aromatic carbocycles. The van der Waals surface area contributed by atoms with Crippen molar-refractivity contribution in [3.8, 4) is 11.1 Å². The molecular weight excluding hydrogens is 212 g/mol. The average molecular weight is 226 g/mol. The van der Waals surface area contributed by atoms with Crippen LogP contribution in [0, 0.1) is 6.92 Å². The summed E-state index contributed by atoms with van der Waals surface area (Å²) >= 11 is 0. The molecule has 0 aliphatic rings. The summed E-state index contributed by atoms with van der Waals surface area (Å²) in [6.07, 6.45) is 3.51. The molecule has 0 saturated carbocycles. The number of aromatic nitrogens is 2. The first-order valence-electron chi connectivity index (χ1n) is 5.34. The van der Waals surface area contributed by atoms with E-state index in [0.717, 1.165) is 22.4 Å². The topological polar surface area (TPSA) is 48.6 Å². The quantitative estimate of drug-likeness (QED) is 0.830. The van der Waals surface area contributed by atoms with E-state index in [-0.39, 0.29) is 5.56 Å². The molecule has 17 heavy (non-hydrogen) atoms. The Morgan fingerprint density at radius 2 is 1.94 bits per heavy atom. The lowest BCUT2D eigenvalue weighted by Gasteiger charge is -2.07. The molecule has 1 aromatic heterocycles. The van der Waals surface area contributed by atoms with E-state index >= 15 is 0 Å². The Kier molecular flexibility index (Phi) is 2.83. The van der Waals surface area contributed by atoms with Gasteiger partial charge in [-0.1, -0.05) is 43.5 Å². The fourth-order valence-corrected chi connectivity index (χ4v) is 1.98. The molecule has 0 saturated heterocycles. The van der Waals surface area contributed by atoms with Crippen LogP contribution in [0.2, 0.25) is 0 Å². The van der Waals surface area contributed by atoms with Crippen molar-refractivity contribution in [1.29, 1.82) is 0 Å². The Labute approximate surface area is 99.5 Å². The molecule has 86 valence electrons. The summed E-state index contributed by atoms with van der Waals surface area (Å²) in [6, 6.07) is 5.77. The average Bonchev–Trinajstić information content (AvgIpc) is 2.68. The van der Waals surface area contributed by atoms with Crippen molar-refractivity contribution in [3.63, 3.8) is 0 Å². The minimum Gasteiger partial charge on any atom is -0.302 e. The van der Waals surface area contributed by atoms with Crippen LogP contribution in [0.15, 0.2) is 36.2 Å². The van der Waals surface area contributed by atoms with Crippen molar-refractivity contribution in [2.75, 3.05) is 0 Å². The third-order valence-electron chi connectivity index (χ3n) is 2.80. The van der Waals surface area contributed by atoms with Gasteiger partial charge in [-0.3, -0.25) is 9.89 Å². The van der Waals surface area contributed by atoms with Gasteiger partial charge in [0.25, 0.3) is 5.56 Å². The lowest BCUT2D eigenvalue weighted by atomic mass is 9.96. The van der Waals surface area contributed by atoms with Gasteiger partial charge in [-0.25, -0.2) is 0 Å². The van der Waals surface area contributed by atoms with Crippen LogP contribution in [-0.2, 0) is 0 Å². The van der Waals surface area contributed by atoms with Crippen molar-refractivity contribution < 1.29 is 0 Å². The van der Waals surface area contributed by atoms with E-state index in [1.54, 1.807) is 12.2 Å². The zero-order valence-electron chi connectivity index (χ0n) is 9.71. The predicted molar refractivity (Wildman–Crippen MR) is 71.8 cm³/mol. The summed E-state index contributed by atoms with van der Waals surface area (Å²) in [6.45, 7) is 9.43. The second-order valence-corrected chi connectivity index (χ2v) is 3.80. The lowest BCUT2D eigenvalue weighted by Crippen LogP contribution is -2.03. The number of aryl methyl sites for hydroxylation is 1. The predicted octanol–water partition coefficient (Wildman–Crippen LogP) is 2.96. The van der Waals surface area contributed by atoms with Crippen molar-refractivity contribution in [2.24, 2.45) is 0 Å². The number of benzene rings is 1. The van der Waals surface area contributed by atoms with E-state index in [1.165, 1.54) is 0 Å². The molecular formula is C14H14N2O. The number of H-pyrrole nitrogens is 2. The minimum absolute atomic E-state index is 0.119. The molecule has 2 N–H and O–H groups in total. The van der Waals surface area contributed by atoms with Crippen LogP contribution in [0.4, 0.5) is 0 Å². The first-order valence-corrected chi connectivity index (χ1v) is 5.34. The molecule has 0 aliphatic carbocycles. The Bertz CT molecular complexity index is 632. The fraction of sp³-hybridized carbons (Fsp3) is 0.0714. The molecule has 0 fully saturated rings. The van der Waals surface area contributed by atoms with Crippen molar-refractivity contribution in [1.82, 2.24) is 10.2 Å². The highest BCUT2D eigenvalue weighted by Gasteiger charge is 2.12. The molecule has 0 spiro atoms. The van der Waals surface area contributed by atoms with Crippen LogP contribution in [-0.4, -0.2) is 10.2 Å². The maximum absolute atomic E-state index is 11.8. The van der Waals surface area contributed by atoms with E-state index < -0.39 is 0 Å². The second-order valence-electron chi connectivity index (χ2n) is 3.80. The fourth-order valence-electron chi connectivity index (χ4n) is 1.98. The monoisotopic (exact) mass is 226 g/mol. The first kappa shape index (κ1) is 11.2. The molecule has 0 bridgehead atoms. The molecule has 2 aromatic rings. The number of nitrogens with one attached hydrogen (secondary N) is 2. The van der Waals surface area contributed by atoms with Gasteiger partial charge in [0.05, 0.1) is 5.56 Å². The van der Waals surface area contributed by atoms with E-state index in [2.05, 4.69) is 23.4 Å². The number of rotatable bonds is 3. The third-order valence-corrected chi connectivity index (χ3v) is 2.80. The Morgan fingerprint density at radius 1 is 1.18 bits per heavy atom. The smallest absolute Gasteiger partial charge is 0.272 e. The Hall–Kier alpha value is -2.29. The molecule has 0 atom stereocenters. The highest BCUT2D eigenvalue weighted by Crippen LogP contribution is 2.27. The van der Waals surface area contributed by atoms with Gasteiger partial charge in [0.2, 0.25) is 0 Å². The van der Waals surface area contributed by atoms with Crippen LogP contribution < -0.4 is 5.56 Å². The maximum Gasteiger partial charge on any atom is 0.272 e. The normalized spacial score (nSPS) is 10.2. The largest absolute Gasteiger partial charge is 0.302 e. The summed E-state index contributed by atoms with van der Waals surface area (Å²) in [7, 11) is 0. The third kappa shape index (κ3) is 1.76. The molecule has 0 aliphatic heterocycles. The van der Waals surface area contributed by atoms with Gasteiger partial charge in [0.15, 0.2) is 0 Å². The van der Waals surface area contributed by atoms with Gasteiger partial charge in [-0.05, 0) is 23.6 Å². The number of hydrogen-bond donors (Lipinski definition) is 2. The summed E-state index contributed by atoms with van der Waals surface area (Å²) < 4.78 is 0. The highest BCUT2D eigenvalue weighted by atomic mass is 16.1. The number of aromatic amines is 2. The van der Waals surface area contributed by atoms with E-state index in [9.17, 15) is 4.79 Å². The zero-order chi connectivity index (χ0) is 12.4. The van der Waals surface area contributed by atoms with Crippen LogP contribution in [0.3, 0.4) is 0 Å². The van der Waals surface area contributed by atoms with Gasteiger partial charge < -0.3 is 5.10 Å². The van der Waals surface area contributed by atoms with Gasteiger partial charge in [-0.15, -0.1) is 0 Å². The molecule has 0 unspecified atom stereocenters. The maximum atomic E-state index is 11.8. The molecule has 3 heteroatoms. The highest BCUT2D eigenvalue weighted by molar-refractivity contribution is 5.80. The van der Waals surface area contributed by atoms with Crippen LogP contribution >= 0.6 is 0 Å².